The van der Waals surface area contributed by atoms with Crippen molar-refractivity contribution in [3.63, 3.8) is 0 Å². The van der Waals surface area contributed by atoms with Crippen LogP contribution in [0.15, 0.2) is 48.8 Å². The van der Waals surface area contributed by atoms with E-state index < -0.39 is 0 Å². The number of nitrogens with zero attached hydrogens (tertiary/aromatic N) is 2. The number of ether oxygens (including phenoxy) is 1. The quantitative estimate of drug-likeness (QED) is 0.160. The number of hydrogen-bond donors (Lipinski definition) is 0. The highest BCUT2D eigenvalue weighted by molar-refractivity contribution is 6.15. The second-order valence-electron chi connectivity index (χ2n) is 15.5. The van der Waals surface area contributed by atoms with Crippen LogP contribution in [0.3, 0.4) is 0 Å². The van der Waals surface area contributed by atoms with Crippen LogP contribution < -0.4 is 9.30 Å². The van der Waals surface area contributed by atoms with E-state index in [0.717, 1.165) is 35.2 Å². The standard InChI is InChI=1S/C39H45N2O/c1-23-29-18-24(20-38(2,3)4)16-17-27(29)31(21-39(5,6)7)37-33(23)36-34-32(42-37)19-30-26(25-12-9-10-13-25)14-11-15-28(30)35(34)40-22-41(36)8/h11,14-19,22,25H,9-10,12-13,20-21H2,1-8H3/q+1. The van der Waals surface area contributed by atoms with Gasteiger partial charge in [-0.1, -0.05) is 84.7 Å². The van der Waals surface area contributed by atoms with Crippen LogP contribution in [-0.4, -0.2) is 4.98 Å². The van der Waals surface area contributed by atoms with Crippen molar-refractivity contribution in [2.45, 2.75) is 92.9 Å². The van der Waals surface area contributed by atoms with Crippen LogP contribution in [-0.2, 0) is 19.9 Å². The summed E-state index contributed by atoms with van der Waals surface area (Å²) in [7, 11) is 2.14. The molecule has 0 spiro atoms. The molecule has 7 rings (SSSR count). The van der Waals surface area contributed by atoms with Crippen LogP contribution in [0.5, 0.6) is 11.5 Å². The fourth-order valence-corrected chi connectivity index (χ4v) is 7.80. The van der Waals surface area contributed by atoms with Gasteiger partial charge in [-0.25, -0.2) is 4.57 Å². The molecule has 2 aliphatic rings. The summed E-state index contributed by atoms with van der Waals surface area (Å²) in [5.74, 6) is 2.61. The van der Waals surface area contributed by atoms with Crippen LogP contribution in [0.2, 0.25) is 0 Å². The van der Waals surface area contributed by atoms with Gasteiger partial charge in [0, 0.05) is 10.9 Å². The van der Waals surface area contributed by atoms with Crippen molar-refractivity contribution in [2.75, 3.05) is 0 Å². The largest absolute Gasteiger partial charge is 0.455 e. The van der Waals surface area contributed by atoms with E-state index in [4.69, 9.17) is 9.72 Å². The van der Waals surface area contributed by atoms with Crippen LogP contribution in [0.4, 0.5) is 0 Å². The highest BCUT2D eigenvalue weighted by atomic mass is 16.5. The maximum absolute atomic E-state index is 7.15. The molecular weight excluding hydrogens is 512 g/mol. The maximum atomic E-state index is 7.15. The summed E-state index contributed by atoms with van der Waals surface area (Å²) in [5.41, 5.74) is 9.31. The third-order valence-corrected chi connectivity index (χ3v) is 9.48. The van der Waals surface area contributed by atoms with Crippen LogP contribution in [0.1, 0.15) is 95.4 Å². The first kappa shape index (κ1) is 27.4. The Hall–Kier alpha value is -3.46. The van der Waals surface area contributed by atoms with Gasteiger partial charge in [-0.2, -0.15) is 0 Å². The summed E-state index contributed by atoms with van der Waals surface area (Å²) in [6, 6.07) is 16.3. The van der Waals surface area contributed by atoms with Crippen molar-refractivity contribution in [3.05, 3.63) is 71.0 Å². The van der Waals surface area contributed by atoms with E-state index in [-0.39, 0.29) is 10.8 Å². The summed E-state index contributed by atoms with van der Waals surface area (Å²) in [5, 5.41) is 6.36. The molecule has 1 aliphatic carbocycles. The minimum atomic E-state index is 0.110. The minimum Gasteiger partial charge on any atom is -0.455 e. The molecule has 0 saturated heterocycles. The van der Waals surface area contributed by atoms with E-state index in [2.05, 4.69) is 103 Å². The van der Waals surface area contributed by atoms with Crippen molar-refractivity contribution < 1.29 is 9.30 Å². The number of aryl methyl sites for hydroxylation is 2. The molecular formula is C39H45N2O+. The molecule has 0 radical (unpaired) electrons. The maximum Gasteiger partial charge on any atom is 0.287 e. The lowest BCUT2D eigenvalue weighted by atomic mass is 9.80. The number of fused-ring (bicyclic) bond motifs is 5. The summed E-state index contributed by atoms with van der Waals surface area (Å²) in [4.78, 5) is 5.06. The molecule has 1 fully saturated rings. The van der Waals surface area contributed by atoms with Gasteiger partial charge in [0.1, 0.15) is 16.9 Å². The Morgan fingerprint density at radius 3 is 2.31 bits per heavy atom. The number of hydrogen-bond acceptors (Lipinski definition) is 2. The first-order valence-electron chi connectivity index (χ1n) is 15.9. The van der Waals surface area contributed by atoms with Crippen molar-refractivity contribution in [1.82, 2.24) is 4.98 Å². The lowest BCUT2D eigenvalue weighted by molar-refractivity contribution is -0.662. The van der Waals surface area contributed by atoms with Crippen LogP contribution >= 0.6 is 0 Å². The van der Waals surface area contributed by atoms with Gasteiger partial charge in [-0.15, -0.1) is 0 Å². The highest BCUT2D eigenvalue weighted by Crippen LogP contribution is 2.53. The normalized spacial score (nSPS) is 15.5. The molecule has 1 saturated carbocycles. The van der Waals surface area contributed by atoms with E-state index in [0.29, 0.717) is 5.92 Å². The van der Waals surface area contributed by atoms with Crippen LogP contribution in [0.25, 0.3) is 43.7 Å². The zero-order valence-electron chi connectivity index (χ0n) is 26.7. The third kappa shape index (κ3) is 4.48. The summed E-state index contributed by atoms with van der Waals surface area (Å²) in [6.45, 7) is 16.3. The van der Waals surface area contributed by atoms with Gasteiger partial charge in [0.25, 0.3) is 6.33 Å². The van der Waals surface area contributed by atoms with Crippen molar-refractivity contribution in [1.29, 1.82) is 0 Å². The van der Waals surface area contributed by atoms with E-state index in [1.54, 1.807) is 0 Å². The summed E-state index contributed by atoms with van der Waals surface area (Å²) >= 11 is 0. The monoisotopic (exact) mass is 557 g/mol. The minimum absolute atomic E-state index is 0.110. The van der Waals surface area contributed by atoms with Gasteiger partial charge in [0.15, 0.2) is 11.2 Å². The Kier molecular flexibility index (Phi) is 6.21. The second kappa shape index (κ2) is 9.53. The second-order valence-corrected chi connectivity index (χ2v) is 15.5. The molecule has 5 aromatic rings. The smallest absolute Gasteiger partial charge is 0.287 e. The molecule has 4 aromatic carbocycles. The van der Waals surface area contributed by atoms with Gasteiger partial charge < -0.3 is 4.74 Å². The number of rotatable bonds is 3. The molecule has 0 amide bonds. The summed E-state index contributed by atoms with van der Waals surface area (Å²) < 4.78 is 9.37. The van der Waals surface area contributed by atoms with Gasteiger partial charge in [0.05, 0.1) is 12.6 Å². The topological polar surface area (TPSA) is 26.0 Å². The molecule has 0 unspecified atom stereocenters. The number of aromatic nitrogens is 2. The molecule has 42 heavy (non-hydrogen) atoms. The van der Waals surface area contributed by atoms with Gasteiger partial charge in [-0.05, 0) is 99.3 Å². The molecule has 1 aromatic heterocycles. The Bertz CT molecular complexity index is 1900. The average molecular weight is 558 g/mol. The van der Waals surface area contributed by atoms with E-state index >= 15 is 0 Å². The predicted octanol–water partition coefficient (Wildman–Crippen LogP) is 10.3. The molecule has 3 heteroatoms. The molecule has 216 valence electrons. The van der Waals surface area contributed by atoms with Gasteiger partial charge >= 0.3 is 0 Å². The lowest BCUT2D eigenvalue weighted by Crippen LogP contribution is -2.33. The Morgan fingerprint density at radius 1 is 0.857 bits per heavy atom. The van der Waals surface area contributed by atoms with E-state index in [1.807, 2.05) is 6.33 Å². The zero-order valence-corrected chi connectivity index (χ0v) is 26.7. The molecule has 3 nitrogen and oxygen atoms in total. The van der Waals surface area contributed by atoms with Gasteiger partial charge in [-0.3, -0.25) is 0 Å². The van der Waals surface area contributed by atoms with Crippen LogP contribution in [0, 0.1) is 17.8 Å². The Labute approximate surface area is 250 Å². The first-order valence-corrected chi connectivity index (χ1v) is 15.9. The molecule has 0 N–H and O–H groups in total. The number of benzene rings is 4. The summed E-state index contributed by atoms with van der Waals surface area (Å²) in [6.07, 6.45) is 9.21. The molecule has 2 heterocycles. The van der Waals surface area contributed by atoms with Gasteiger partial charge in [0.2, 0.25) is 0 Å². The average Bonchev–Trinajstić information content (AvgIpc) is 3.45. The SMILES string of the molecule is Cc1c2c(c(CC(C)(C)C)c3ccc(CC(C)(C)C)cc13)Oc1cc3c(C4CCCC4)cccc3c3nc[n+](C)c-2c13. The fraction of sp³-hybridized carbons (Fsp3) is 0.436. The van der Waals surface area contributed by atoms with E-state index in [9.17, 15) is 0 Å². The Morgan fingerprint density at radius 2 is 1.60 bits per heavy atom. The van der Waals surface area contributed by atoms with Crippen molar-refractivity contribution in [3.8, 4) is 22.8 Å². The highest BCUT2D eigenvalue weighted by Gasteiger charge is 2.35. The van der Waals surface area contributed by atoms with Crippen molar-refractivity contribution in [2.24, 2.45) is 17.9 Å². The fourth-order valence-electron chi connectivity index (χ4n) is 7.80. The van der Waals surface area contributed by atoms with Crippen molar-refractivity contribution >= 4 is 32.4 Å². The first-order chi connectivity index (χ1) is 19.9. The Balaban J connectivity index is 1.57. The third-order valence-electron chi connectivity index (χ3n) is 9.48. The molecule has 0 bridgehead atoms. The molecule has 1 aliphatic heterocycles. The van der Waals surface area contributed by atoms with E-state index in [1.165, 1.54) is 80.7 Å². The molecule has 0 atom stereocenters. The lowest BCUT2D eigenvalue weighted by Gasteiger charge is -2.29. The predicted molar refractivity (Wildman–Crippen MR) is 176 cm³/mol. The zero-order chi connectivity index (χ0) is 29.6.